The fraction of sp³-hybridized carbons (Fsp3) is 0.455. The van der Waals surface area contributed by atoms with Crippen molar-refractivity contribution in [3.63, 3.8) is 0 Å². The van der Waals surface area contributed by atoms with E-state index in [1.165, 1.54) is 35.1 Å². The van der Waals surface area contributed by atoms with Crippen LogP contribution in [0.3, 0.4) is 0 Å². The Bertz CT molecular complexity index is 607. The Morgan fingerprint density at radius 3 is 2.04 bits per heavy atom. The number of aryl methyl sites for hydroxylation is 1. The second-order valence-corrected chi connectivity index (χ2v) is 6.59. The van der Waals surface area contributed by atoms with E-state index in [1.807, 2.05) is 0 Å². The summed E-state index contributed by atoms with van der Waals surface area (Å²) in [6, 6.07) is 17.5. The summed E-state index contributed by atoms with van der Waals surface area (Å²) < 4.78 is 12.0. The third-order valence-electron chi connectivity index (χ3n) is 4.82. The molecule has 1 heterocycles. The number of ether oxygens (including phenoxy) is 2. The molecule has 0 radical (unpaired) electrons. The summed E-state index contributed by atoms with van der Waals surface area (Å²) in [5.74, 6) is 0. The Balaban J connectivity index is 1.60. The molecule has 1 aliphatic rings. The minimum atomic E-state index is 0.0689. The number of rotatable bonds is 6. The maximum Gasteiger partial charge on any atom is 0.106 e. The molecule has 0 amide bonds. The molecule has 1 saturated heterocycles. The molecule has 2 nitrogen and oxygen atoms in total. The van der Waals surface area contributed by atoms with Crippen molar-refractivity contribution in [1.82, 2.24) is 0 Å². The van der Waals surface area contributed by atoms with Crippen LogP contribution in [0.4, 0.5) is 0 Å². The standard InChI is InChI=1S/C22H28O2/c1-3-5-6-21-15-24-22(16-23-21)20-13-11-19(12-14-20)18-9-7-17(4-2)8-10-18/h7-14,21-22H,3-6,15-16H2,1-2H3/t21-,22-/m1/s1. The van der Waals surface area contributed by atoms with Gasteiger partial charge in [0.2, 0.25) is 0 Å². The molecular weight excluding hydrogens is 296 g/mol. The van der Waals surface area contributed by atoms with Crippen molar-refractivity contribution >= 4 is 0 Å². The molecule has 0 saturated carbocycles. The van der Waals surface area contributed by atoms with E-state index in [1.54, 1.807) is 0 Å². The highest BCUT2D eigenvalue weighted by atomic mass is 16.6. The molecule has 1 fully saturated rings. The second-order valence-electron chi connectivity index (χ2n) is 6.59. The minimum absolute atomic E-state index is 0.0689. The first-order valence-corrected chi connectivity index (χ1v) is 9.22. The lowest BCUT2D eigenvalue weighted by atomic mass is 10.00. The third-order valence-corrected chi connectivity index (χ3v) is 4.82. The van der Waals surface area contributed by atoms with Crippen molar-refractivity contribution in [2.24, 2.45) is 0 Å². The maximum atomic E-state index is 6.02. The van der Waals surface area contributed by atoms with Gasteiger partial charge in [0.25, 0.3) is 0 Å². The van der Waals surface area contributed by atoms with Gasteiger partial charge in [0.15, 0.2) is 0 Å². The summed E-state index contributed by atoms with van der Waals surface area (Å²) in [5, 5.41) is 0. The molecule has 2 heteroatoms. The van der Waals surface area contributed by atoms with Crippen LogP contribution in [0.1, 0.15) is 50.3 Å². The molecule has 2 aromatic rings. The van der Waals surface area contributed by atoms with Crippen molar-refractivity contribution in [3.8, 4) is 11.1 Å². The first-order valence-electron chi connectivity index (χ1n) is 9.22. The van der Waals surface area contributed by atoms with E-state index in [-0.39, 0.29) is 12.2 Å². The first-order chi connectivity index (χ1) is 11.8. The van der Waals surface area contributed by atoms with E-state index in [2.05, 4.69) is 62.4 Å². The fourth-order valence-corrected chi connectivity index (χ4v) is 3.16. The van der Waals surface area contributed by atoms with E-state index in [0.29, 0.717) is 13.2 Å². The van der Waals surface area contributed by atoms with Crippen LogP contribution in [0, 0.1) is 0 Å². The molecule has 0 aromatic heterocycles. The molecule has 2 aromatic carbocycles. The molecule has 0 N–H and O–H groups in total. The molecule has 2 atom stereocenters. The summed E-state index contributed by atoms with van der Waals surface area (Å²) >= 11 is 0. The van der Waals surface area contributed by atoms with Gasteiger partial charge in [0.1, 0.15) is 6.10 Å². The van der Waals surface area contributed by atoms with Crippen molar-refractivity contribution in [2.75, 3.05) is 13.2 Å². The van der Waals surface area contributed by atoms with Gasteiger partial charge >= 0.3 is 0 Å². The zero-order valence-electron chi connectivity index (χ0n) is 14.8. The average Bonchev–Trinajstić information content (AvgIpc) is 2.67. The Morgan fingerprint density at radius 1 is 0.833 bits per heavy atom. The first kappa shape index (κ1) is 17.2. The molecule has 24 heavy (non-hydrogen) atoms. The SMILES string of the molecule is CCCC[C@@H]1CO[C@@H](c2ccc(-c3ccc(CC)cc3)cc2)CO1. The number of hydrogen-bond donors (Lipinski definition) is 0. The molecule has 1 aliphatic heterocycles. The normalized spacial score (nSPS) is 20.9. The Labute approximate surface area is 145 Å². The summed E-state index contributed by atoms with van der Waals surface area (Å²) in [5.41, 5.74) is 5.09. The van der Waals surface area contributed by atoms with E-state index in [4.69, 9.17) is 9.47 Å². The summed E-state index contributed by atoms with van der Waals surface area (Å²) in [6.07, 6.45) is 4.96. The van der Waals surface area contributed by atoms with Gasteiger partial charge in [-0.15, -0.1) is 0 Å². The van der Waals surface area contributed by atoms with Crippen LogP contribution < -0.4 is 0 Å². The molecular formula is C22H28O2. The fourth-order valence-electron chi connectivity index (χ4n) is 3.16. The summed E-state index contributed by atoms with van der Waals surface area (Å²) in [6.45, 7) is 5.77. The largest absolute Gasteiger partial charge is 0.373 e. The van der Waals surface area contributed by atoms with Crippen molar-refractivity contribution < 1.29 is 9.47 Å². The van der Waals surface area contributed by atoms with Crippen LogP contribution in [-0.4, -0.2) is 19.3 Å². The molecule has 0 bridgehead atoms. The van der Waals surface area contributed by atoms with Crippen LogP contribution in [0.25, 0.3) is 11.1 Å². The van der Waals surface area contributed by atoms with E-state index < -0.39 is 0 Å². The summed E-state index contributed by atoms with van der Waals surface area (Å²) in [7, 11) is 0. The Kier molecular flexibility index (Phi) is 6.06. The van der Waals surface area contributed by atoms with Crippen LogP contribution in [-0.2, 0) is 15.9 Å². The highest BCUT2D eigenvalue weighted by Crippen LogP contribution is 2.27. The lowest BCUT2D eigenvalue weighted by Gasteiger charge is -2.30. The second kappa shape index (κ2) is 8.46. The van der Waals surface area contributed by atoms with Crippen LogP contribution in [0.5, 0.6) is 0 Å². The number of benzene rings is 2. The van der Waals surface area contributed by atoms with E-state index in [9.17, 15) is 0 Å². The van der Waals surface area contributed by atoms with Crippen LogP contribution in [0.2, 0.25) is 0 Å². The van der Waals surface area contributed by atoms with Crippen LogP contribution in [0.15, 0.2) is 48.5 Å². The van der Waals surface area contributed by atoms with Gasteiger partial charge in [-0.25, -0.2) is 0 Å². The van der Waals surface area contributed by atoms with Crippen LogP contribution >= 0.6 is 0 Å². The average molecular weight is 324 g/mol. The van der Waals surface area contributed by atoms with E-state index in [0.717, 1.165) is 12.8 Å². The van der Waals surface area contributed by atoms with Crippen molar-refractivity contribution in [1.29, 1.82) is 0 Å². The number of hydrogen-bond acceptors (Lipinski definition) is 2. The number of unbranched alkanes of at least 4 members (excludes halogenated alkanes) is 1. The highest BCUT2D eigenvalue weighted by molar-refractivity contribution is 5.64. The van der Waals surface area contributed by atoms with Crippen molar-refractivity contribution in [3.05, 3.63) is 59.7 Å². The van der Waals surface area contributed by atoms with Gasteiger partial charge in [-0.05, 0) is 35.1 Å². The van der Waals surface area contributed by atoms with Crippen molar-refractivity contribution in [2.45, 2.75) is 51.7 Å². The topological polar surface area (TPSA) is 18.5 Å². The predicted octanol–water partition coefficient (Wildman–Crippen LogP) is 5.56. The van der Waals surface area contributed by atoms with Gasteiger partial charge in [-0.1, -0.05) is 75.2 Å². The van der Waals surface area contributed by atoms with Gasteiger partial charge in [0, 0.05) is 0 Å². The molecule has 0 unspecified atom stereocenters. The quantitative estimate of drug-likeness (QED) is 0.692. The molecule has 128 valence electrons. The maximum absolute atomic E-state index is 6.02. The lowest BCUT2D eigenvalue weighted by Crippen LogP contribution is -2.31. The smallest absolute Gasteiger partial charge is 0.106 e. The molecule has 3 rings (SSSR count). The Hall–Kier alpha value is -1.64. The molecule has 0 spiro atoms. The lowest BCUT2D eigenvalue weighted by molar-refractivity contribution is -0.137. The van der Waals surface area contributed by atoms with E-state index >= 15 is 0 Å². The molecule has 0 aliphatic carbocycles. The van der Waals surface area contributed by atoms with Gasteiger partial charge in [-0.3, -0.25) is 0 Å². The zero-order chi connectivity index (χ0) is 16.8. The predicted molar refractivity (Wildman–Crippen MR) is 99.2 cm³/mol. The minimum Gasteiger partial charge on any atom is -0.373 e. The highest BCUT2D eigenvalue weighted by Gasteiger charge is 2.23. The van der Waals surface area contributed by atoms with Gasteiger partial charge in [-0.2, -0.15) is 0 Å². The van der Waals surface area contributed by atoms with Gasteiger partial charge < -0.3 is 9.47 Å². The third kappa shape index (κ3) is 4.25. The van der Waals surface area contributed by atoms with Gasteiger partial charge in [0.05, 0.1) is 19.3 Å². The Morgan fingerprint density at radius 2 is 1.50 bits per heavy atom. The zero-order valence-corrected chi connectivity index (χ0v) is 14.8. The summed E-state index contributed by atoms with van der Waals surface area (Å²) in [4.78, 5) is 0. The monoisotopic (exact) mass is 324 g/mol.